The van der Waals surface area contributed by atoms with Crippen LogP contribution in [0.5, 0.6) is 0 Å². The zero-order valence-electron chi connectivity index (χ0n) is 3.12. The molecule has 0 saturated heterocycles. The van der Waals surface area contributed by atoms with Crippen LogP contribution in [-0.2, 0) is 33.0 Å². The van der Waals surface area contributed by atoms with Crippen molar-refractivity contribution in [1.29, 1.82) is 0 Å². The molecule has 0 heterocycles. The molecule has 0 fully saturated rings. The van der Waals surface area contributed by atoms with Crippen LogP contribution in [0.1, 0.15) is 0 Å². The van der Waals surface area contributed by atoms with Crippen molar-refractivity contribution in [3.05, 3.63) is 0 Å². The molecule has 0 aromatic rings. The van der Waals surface area contributed by atoms with Gasteiger partial charge in [0, 0.05) is 0 Å². The summed E-state index contributed by atoms with van der Waals surface area (Å²) in [5.41, 5.74) is 0. The summed E-state index contributed by atoms with van der Waals surface area (Å²) in [6.45, 7) is 0. The van der Waals surface area contributed by atoms with Crippen molar-refractivity contribution < 1.29 is 30.4 Å². The van der Waals surface area contributed by atoms with Crippen molar-refractivity contribution >= 4 is 40.5 Å². The van der Waals surface area contributed by atoms with E-state index in [1.165, 1.54) is 0 Å². The van der Waals surface area contributed by atoms with Crippen LogP contribution in [0.2, 0.25) is 0 Å². The van der Waals surface area contributed by atoms with Gasteiger partial charge in [-0.15, -0.1) is 0 Å². The van der Waals surface area contributed by atoms with Gasteiger partial charge in [0.25, 0.3) is 0 Å². The third-order valence-corrected chi connectivity index (χ3v) is 0. The zero-order chi connectivity index (χ0) is 0. The molecule has 0 unspecified atom stereocenters. The minimum atomic E-state index is 0. The maximum absolute atomic E-state index is 0. The Morgan fingerprint density at radius 1 is 0.667 bits per heavy atom. The van der Waals surface area contributed by atoms with Crippen LogP contribution >= 0.6 is 27.0 Å². The molecule has 40 valence electrons. The predicted molar refractivity (Wildman–Crippen MR) is 35.4 cm³/mol. The summed E-state index contributed by atoms with van der Waals surface area (Å²) >= 11 is 0. The zero-order valence-corrected chi connectivity index (χ0v) is 8.90. The van der Waals surface area contributed by atoms with Crippen molar-refractivity contribution in [3.8, 4) is 0 Å². The Bertz CT molecular complexity index is 8.75. The van der Waals surface area contributed by atoms with Gasteiger partial charge in [0.15, 0.2) is 0 Å². The molecule has 0 spiro atoms. The molecule has 0 saturated carbocycles. The number of hydrogen-bond acceptors (Lipinski definition) is 0. The van der Waals surface area contributed by atoms with Crippen molar-refractivity contribution in [3.63, 3.8) is 0 Å². The van der Waals surface area contributed by atoms with Gasteiger partial charge >= 0.3 is 19.5 Å². The van der Waals surface area contributed by atoms with E-state index in [-0.39, 0.29) is 70.9 Å². The Labute approximate surface area is 70.8 Å². The maximum atomic E-state index is 0. The third-order valence-electron chi connectivity index (χ3n) is 0. The average molecular weight is 202 g/mol. The molecule has 0 rings (SSSR count). The van der Waals surface area contributed by atoms with Crippen LogP contribution < -0.4 is 0 Å². The maximum Gasteiger partial charge on any atom is 2.00 e. The molecular weight excluding hydrogens is 194 g/mol. The van der Waals surface area contributed by atoms with Crippen LogP contribution in [0.3, 0.4) is 0 Å². The minimum Gasteiger partial charge on any atom is -2.00 e. The Morgan fingerprint density at radius 3 is 0.667 bits per heavy atom. The Hall–Kier alpha value is 1.59. The topological polar surface area (TPSA) is 63.0 Å². The first kappa shape index (κ1) is 130. The van der Waals surface area contributed by atoms with Crippen molar-refractivity contribution in [1.82, 2.24) is 0 Å². The first-order valence-electron chi connectivity index (χ1n) is 0. The van der Waals surface area contributed by atoms with E-state index in [0.29, 0.717) is 0 Å². The van der Waals surface area contributed by atoms with E-state index in [9.17, 15) is 0 Å². The van der Waals surface area contributed by atoms with Gasteiger partial charge in [-0.2, -0.15) is 27.0 Å². The average Bonchev–Trinajstić information content (AvgIpc) is 0. The Kier molecular flexibility index (Phi) is 1760. The van der Waals surface area contributed by atoms with Crippen LogP contribution in [0, 0.1) is 0 Å². The van der Waals surface area contributed by atoms with E-state index in [4.69, 9.17) is 0 Å². The fourth-order valence-corrected chi connectivity index (χ4v) is 0. The molecule has 0 amide bonds. The largest absolute Gasteiger partial charge is 2.00 e. The number of rotatable bonds is 0. The van der Waals surface area contributed by atoms with Gasteiger partial charge in [0.05, 0.1) is 0 Å². The van der Waals surface area contributed by atoms with E-state index < -0.39 is 0 Å². The fourth-order valence-electron chi connectivity index (χ4n) is 0. The normalized spacial score (nSPS) is 0. The van der Waals surface area contributed by atoms with E-state index in [0.717, 1.165) is 0 Å². The van der Waals surface area contributed by atoms with E-state index in [1.54, 1.807) is 0 Å². The monoisotopic (exact) mass is 200 g/mol. The van der Waals surface area contributed by atoms with Crippen molar-refractivity contribution in [2.24, 2.45) is 0 Å². The first-order chi connectivity index (χ1) is 0. The van der Waals surface area contributed by atoms with Crippen LogP contribution in [0.15, 0.2) is 0 Å². The quantitative estimate of drug-likeness (QED) is 0.432. The smallest absolute Gasteiger partial charge is 2.00 e. The summed E-state index contributed by atoms with van der Waals surface area (Å²) in [4.78, 5) is 0. The first-order valence-corrected chi connectivity index (χ1v) is 0. The molecule has 0 aromatic heterocycles. The fraction of sp³-hybridized carbons (Fsp3) is 0. The van der Waals surface area contributed by atoms with Gasteiger partial charge in [-0.3, -0.25) is 0 Å². The molecule has 6 heavy (non-hydrogen) atoms. The molecular formula is H8O2S3Zn. The molecule has 6 heteroatoms. The van der Waals surface area contributed by atoms with E-state index in [2.05, 4.69) is 0 Å². The van der Waals surface area contributed by atoms with Gasteiger partial charge in [-0.05, 0) is 0 Å². The van der Waals surface area contributed by atoms with Crippen LogP contribution in [0.4, 0.5) is 0 Å². The molecule has 0 aromatic carbocycles. The SMILES string of the molecule is O.O.S.S.[S-2].[Zn+2]. The van der Waals surface area contributed by atoms with Crippen molar-refractivity contribution in [2.45, 2.75) is 0 Å². The van der Waals surface area contributed by atoms with Gasteiger partial charge < -0.3 is 24.4 Å². The van der Waals surface area contributed by atoms with Gasteiger partial charge in [0.1, 0.15) is 0 Å². The summed E-state index contributed by atoms with van der Waals surface area (Å²) < 4.78 is 0. The summed E-state index contributed by atoms with van der Waals surface area (Å²) in [6.07, 6.45) is 0. The minimum absolute atomic E-state index is 0. The number of hydrogen-bond donors (Lipinski definition) is 0. The summed E-state index contributed by atoms with van der Waals surface area (Å²) in [5.74, 6) is 0. The Morgan fingerprint density at radius 2 is 0.667 bits per heavy atom. The van der Waals surface area contributed by atoms with E-state index in [1.807, 2.05) is 0 Å². The molecule has 0 atom stereocenters. The second kappa shape index (κ2) is 81.2. The second-order valence-electron chi connectivity index (χ2n) is 0. The summed E-state index contributed by atoms with van der Waals surface area (Å²) in [5, 5.41) is 0. The second-order valence-corrected chi connectivity index (χ2v) is 0. The Balaban J connectivity index is 0. The predicted octanol–water partition coefficient (Wildman–Crippen LogP) is -1.43. The summed E-state index contributed by atoms with van der Waals surface area (Å²) in [6, 6.07) is 0. The van der Waals surface area contributed by atoms with Gasteiger partial charge in [-0.1, -0.05) is 0 Å². The molecule has 0 bridgehead atoms. The molecule has 4 N–H and O–H groups in total. The van der Waals surface area contributed by atoms with Gasteiger partial charge in [0.2, 0.25) is 0 Å². The van der Waals surface area contributed by atoms with Crippen LogP contribution in [-0.4, -0.2) is 11.0 Å². The molecule has 0 aliphatic rings. The third kappa shape index (κ3) is 46.5. The van der Waals surface area contributed by atoms with Crippen molar-refractivity contribution in [2.75, 3.05) is 0 Å². The van der Waals surface area contributed by atoms with E-state index >= 15 is 0 Å². The molecule has 0 radical (unpaired) electrons. The van der Waals surface area contributed by atoms with Gasteiger partial charge in [-0.25, -0.2) is 0 Å². The van der Waals surface area contributed by atoms with Crippen LogP contribution in [0.25, 0.3) is 0 Å². The molecule has 0 aliphatic carbocycles. The molecule has 2 nitrogen and oxygen atoms in total. The standard InChI is InChI=1S/2H2O.2H2S.S.Zn/h4*1H2;;/q;;;;-2;+2. The summed E-state index contributed by atoms with van der Waals surface area (Å²) in [7, 11) is 0. The molecule has 0 aliphatic heterocycles.